The fraction of sp³-hybridized carbons (Fsp3) is 0.818. The Morgan fingerprint density at radius 1 is 1.60 bits per heavy atom. The first-order valence-corrected chi connectivity index (χ1v) is 5.19. The van der Waals surface area contributed by atoms with Gasteiger partial charge in [0.15, 0.2) is 0 Å². The fourth-order valence-electron chi connectivity index (χ4n) is 1.74. The second-order valence-electron chi connectivity index (χ2n) is 4.82. The van der Waals surface area contributed by atoms with Crippen LogP contribution in [-0.2, 0) is 9.53 Å². The molecule has 0 aromatic rings. The van der Waals surface area contributed by atoms with Gasteiger partial charge < -0.3 is 10.1 Å². The van der Waals surface area contributed by atoms with E-state index in [9.17, 15) is 4.79 Å². The number of hydrogen-bond acceptors (Lipinski definition) is 3. The van der Waals surface area contributed by atoms with Gasteiger partial charge in [0.1, 0.15) is 5.41 Å². The maximum atomic E-state index is 11.9. The molecule has 0 unspecified atom stereocenters. The highest BCUT2D eigenvalue weighted by Crippen LogP contribution is 2.40. The smallest absolute Gasteiger partial charge is 0.240 e. The van der Waals surface area contributed by atoms with Gasteiger partial charge in [0, 0.05) is 7.11 Å². The number of carbonyl (C=O) groups excluding carboxylic acids is 1. The van der Waals surface area contributed by atoms with Crippen LogP contribution in [0.5, 0.6) is 0 Å². The average molecular weight is 210 g/mol. The van der Waals surface area contributed by atoms with E-state index in [2.05, 4.69) is 11.4 Å². The van der Waals surface area contributed by atoms with Gasteiger partial charge in [-0.2, -0.15) is 5.26 Å². The molecule has 0 aliphatic heterocycles. The number of carbonyl (C=O) groups is 1. The Hall–Kier alpha value is -1.08. The second-order valence-corrected chi connectivity index (χ2v) is 4.82. The van der Waals surface area contributed by atoms with Crippen LogP contribution in [0, 0.1) is 16.7 Å². The molecule has 0 radical (unpaired) electrons. The molecule has 1 N–H and O–H groups in total. The van der Waals surface area contributed by atoms with Crippen LogP contribution in [0.2, 0.25) is 0 Å². The van der Waals surface area contributed by atoms with E-state index in [4.69, 9.17) is 10.00 Å². The van der Waals surface area contributed by atoms with Crippen molar-refractivity contribution >= 4 is 5.91 Å². The Morgan fingerprint density at radius 2 is 2.20 bits per heavy atom. The van der Waals surface area contributed by atoms with Gasteiger partial charge in [-0.1, -0.05) is 0 Å². The molecule has 1 saturated carbocycles. The minimum atomic E-state index is -0.773. The topological polar surface area (TPSA) is 62.1 Å². The van der Waals surface area contributed by atoms with Crippen molar-refractivity contribution in [2.75, 3.05) is 13.7 Å². The third-order valence-electron chi connectivity index (χ3n) is 2.81. The lowest BCUT2D eigenvalue weighted by atomic mass is 9.69. The van der Waals surface area contributed by atoms with E-state index in [1.807, 2.05) is 13.8 Å². The van der Waals surface area contributed by atoms with Crippen molar-refractivity contribution in [2.24, 2.45) is 5.41 Å². The maximum absolute atomic E-state index is 11.9. The highest BCUT2D eigenvalue weighted by molar-refractivity contribution is 5.86. The predicted molar refractivity (Wildman–Crippen MR) is 56.0 cm³/mol. The first kappa shape index (κ1) is 12.0. The average Bonchev–Trinajstić information content (AvgIpc) is 2.01. The van der Waals surface area contributed by atoms with Crippen LogP contribution in [0.1, 0.15) is 33.1 Å². The molecule has 0 atom stereocenters. The summed E-state index contributed by atoms with van der Waals surface area (Å²) in [6.07, 6.45) is 2.32. The molecule has 0 heterocycles. The van der Waals surface area contributed by atoms with Crippen LogP contribution in [0.3, 0.4) is 0 Å². The molecule has 4 nitrogen and oxygen atoms in total. The number of ether oxygens (including phenoxy) is 1. The van der Waals surface area contributed by atoms with Crippen molar-refractivity contribution in [2.45, 2.75) is 38.6 Å². The van der Waals surface area contributed by atoms with Gasteiger partial charge in [0.25, 0.3) is 0 Å². The van der Waals surface area contributed by atoms with E-state index in [0.29, 0.717) is 19.4 Å². The van der Waals surface area contributed by atoms with Crippen LogP contribution in [0.4, 0.5) is 0 Å². The zero-order chi connectivity index (χ0) is 11.5. The molecule has 1 amide bonds. The van der Waals surface area contributed by atoms with Crippen LogP contribution in [0.15, 0.2) is 0 Å². The molecular weight excluding hydrogens is 192 g/mol. The molecule has 0 aromatic carbocycles. The van der Waals surface area contributed by atoms with Gasteiger partial charge >= 0.3 is 0 Å². The number of rotatable bonds is 4. The minimum absolute atomic E-state index is 0.154. The summed E-state index contributed by atoms with van der Waals surface area (Å²) in [7, 11) is 1.59. The van der Waals surface area contributed by atoms with Gasteiger partial charge in [-0.15, -0.1) is 0 Å². The molecular formula is C11H18N2O2. The van der Waals surface area contributed by atoms with Crippen molar-refractivity contribution in [1.82, 2.24) is 5.32 Å². The van der Waals surface area contributed by atoms with E-state index in [1.165, 1.54) is 0 Å². The SMILES string of the molecule is COCC(C)(C)NC(=O)C1(C#N)CCC1. The normalized spacial score (nSPS) is 18.8. The Balaban J connectivity index is 2.59. The fourth-order valence-corrected chi connectivity index (χ4v) is 1.74. The van der Waals surface area contributed by atoms with Crippen molar-refractivity contribution in [3.63, 3.8) is 0 Å². The number of nitriles is 1. The Labute approximate surface area is 90.6 Å². The second kappa shape index (κ2) is 4.19. The summed E-state index contributed by atoms with van der Waals surface area (Å²) in [6, 6.07) is 2.13. The number of amides is 1. The highest BCUT2D eigenvalue weighted by Gasteiger charge is 2.45. The lowest BCUT2D eigenvalue weighted by Crippen LogP contribution is -2.54. The van der Waals surface area contributed by atoms with Crippen LogP contribution >= 0.6 is 0 Å². The summed E-state index contributed by atoms with van der Waals surface area (Å²) >= 11 is 0. The van der Waals surface area contributed by atoms with Crippen molar-refractivity contribution in [1.29, 1.82) is 5.26 Å². The number of nitrogens with zero attached hydrogens (tertiary/aromatic N) is 1. The van der Waals surface area contributed by atoms with Crippen molar-refractivity contribution in [3.8, 4) is 6.07 Å². The van der Waals surface area contributed by atoms with E-state index in [0.717, 1.165) is 6.42 Å². The minimum Gasteiger partial charge on any atom is -0.382 e. The molecule has 0 spiro atoms. The Bertz CT molecular complexity index is 287. The standard InChI is InChI=1S/C11H18N2O2/c1-10(2,8-15-3)13-9(14)11(7-12)5-4-6-11/h4-6,8H2,1-3H3,(H,13,14). The molecule has 0 saturated heterocycles. The quantitative estimate of drug-likeness (QED) is 0.759. The first-order valence-electron chi connectivity index (χ1n) is 5.19. The summed E-state index contributed by atoms with van der Waals surface area (Å²) in [5, 5.41) is 11.9. The monoisotopic (exact) mass is 210 g/mol. The molecule has 15 heavy (non-hydrogen) atoms. The number of hydrogen-bond donors (Lipinski definition) is 1. The molecule has 0 bridgehead atoms. The van der Waals surface area contributed by atoms with E-state index < -0.39 is 11.0 Å². The zero-order valence-electron chi connectivity index (χ0n) is 9.59. The summed E-state index contributed by atoms with van der Waals surface area (Å²) in [5.74, 6) is -0.154. The zero-order valence-corrected chi connectivity index (χ0v) is 9.59. The summed E-state index contributed by atoms with van der Waals surface area (Å²) < 4.78 is 5.01. The molecule has 1 rings (SSSR count). The lowest BCUT2D eigenvalue weighted by Gasteiger charge is -2.37. The third kappa shape index (κ3) is 2.48. The molecule has 1 fully saturated rings. The van der Waals surface area contributed by atoms with Crippen molar-refractivity contribution in [3.05, 3.63) is 0 Å². The Kier molecular flexibility index (Phi) is 3.35. The predicted octanol–water partition coefficient (Wildman–Crippen LogP) is 1.22. The Morgan fingerprint density at radius 3 is 2.53 bits per heavy atom. The maximum Gasteiger partial charge on any atom is 0.240 e. The van der Waals surface area contributed by atoms with Crippen LogP contribution in [-0.4, -0.2) is 25.2 Å². The van der Waals surface area contributed by atoms with Crippen molar-refractivity contribution < 1.29 is 9.53 Å². The molecule has 0 aromatic heterocycles. The third-order valence-corrected chi connectivity index (χ3v) is 2.81. The summed E-state index contributed by atoms with van der Waals surface area (Å²) in [4.78, 5) is 11.9. The van der Waals surface area contributed by atoms with E-state index >= 15 is 0 Å². The molecule has 1 aliphatic rings. The van der Waals surface area contributed by atoms with Gasteiger partial charge in [-0.05, 0) is 33.1 Å². The highest BCUT2D eigenvalue weighted by atomic mass is 16.5. The van der Waals surface area contributed by atoms with Crippen LogP contribution < -0.4 is 5.32 Å². The van der Waals surface area contributed by atoms with Crippen LogP contribution in [0.25, 0.3) is 0 Å². The number of methoxy groups -OCH3 is 1. The molecule has 1 aliphatic carbocycles. The van der Waals surface area contributed by atoms with Gasteiger partial charge in [0.2, 0.25) is 5.91 Å². The summed E-state index contributed by atoms with van der Waals surface area (Å²) in [6.45, 7) is 4.22. The largest absolute Gasteiger partial charge is 0.382 e. The molecule has 84 valence electrons. The molecule has 4 heteroatoms. The van der Waals surface area contributed by atoms with Gasteiger partial charge in [0.05, 0.1) is 18.2 Å². The summed E-state index contributed by atoms with van der Waals surface area (Å²) in [5.41, 5.74) is -1.18. The number of nitrogens with one attached hydrogen (secondary N) is 1. The van der Waals surface area contributed by atoms with E-state index in [-0.39, 0.29) is 5.91 Å². The first-order chi connectivity index (χ1) is 6.96. The van der Waals surface area contributed by atoms with Gasteiger partial charge in [-0.25, -0.2) is 0 Å². The lowest BCUT2D eigenvalue weighted by molar-refractivity contribution is -0.134. The van der Waals surface area contributed by atoms with Gasteiger partial charge in [-0.3, -0.25) is 4.79 Å². The van der Waals surface area contributed by atoms with E-state index in [1.54, 1.807) is 7.11 Å².